The first-order chi connectivity index (χ1) is 14.4. The van der Waals surface area contributed by atoms with Crippen LogP contribution >= 0.6 is 0 Å². The van der Waals surface area contributed by atoms with Gasteiger partial charge in [0.25, 0.3) is 0 Å². The Morgan fingerprint density at radius 2 is 1.61 bits per heavy atom. The number of piperazine rings is 1. The van der Waals surface area contributed by atoms with Crippen LogP contribution in [0, 0.1) is 16.7 Å². The lowest BCUT2D eigenvalue weighted by molar-refractivity contribution is -0.165. The Balaban J connectivity index is 0.000000407. The molecule has 1 aliphatic heterocycles. The van der Waals surface area contributed by atoms with E-state index in [-0.39, 0.29) is 5.91 Å². The number of hydrogen-bond acceptors (Lipinski definition) is 8. The first-order valence-electron chi connectivity index (χ1n) is 9.51. The summed E-state index contributed by atoms with van der Waals surface area (Å²) in [5.74, 6) is -3.59. The van der Waals surface area contributed by atoms with Gasteiger partial charge in [-0.05, 0) is 18.2 Å². The number of rotatable bonds is 5. The number of carbonyl (C=O) groups excluding carboxylic acids is 1. The average molecular weight is 436 g/mol. The van der Waals surface area contributed by atoms with Gasteiger partial charge in [-0.2, -0.15) is 5.26 Å². The molecule has 1 aromatic carbocycles. The Labute approximate surface area is 179 Å². The number of nitrogens with zero attached hydrogens (tertiary/aromatic N) is 2. The van der Waals surface area contributed by atoms with E-state index in [0.29, 0.717) is 11.3 Å². The number of anilines is 2. The Bertz CT molecular complexity index is 821. The van der Waals surface area contributed by atoms with Gasteiger partial charge in [-0.3, -0.25) is 4.79 Å². The van der Waals surface area contributed by atoms with Crippen LogP contribution < -0.4 is 15.5 Å². The third-order valence-corrected chi connectivity index (χ3v) is 4.32. The van der Waals surface area contributed by atoms with Crippen molar-refractivity contribution in [3.8, 4) is 6.07 Å². The largest absolute Gasteiger partial charge is 0.479 e. The summed E-state index contributed by atoms with van der Waals surface area (Å²) in [5, 5.41) is 48.0. The Kier molecular flexibility index (Phi) is 9.39. The summed E-state index contributed by atoms with van der Waals surface area (Å²) >= 11 is 0. The lowest BCUT2D eigenvalue weighted by atomic mass is 9.95. The zero-order valence-electron chi connectivity index (χ0n) is 17.6. The lowest BCUT2D eigenvalue weighted by Crippen LogP contribution is -2.43. The molecule has 31 heavy (non-hydrogen) atoms. The Morgan fingerprint density at radius 1 is 1.10 bits per heavy atom. The third kappa shape index (κ3) is 7.86. The molecule has 1 saturated heterocycles. The highest BCUT2D eigenvalue weighted by Crippen LogP contribution is 2.25. The van der Waals surface area contributed by atoms with Crippen LogP contribution in [0.15, 0.2) is 18.2 Å². The Hall–Kier alpha value is -3.20. The van der Waals surface area contributed by atoms with Crippen molar-refractivity contribution in [2.75, 3.05) is 36.4 Å². The van der Waals surface area contributed by atoms with Gasteiger partial charge in [-0.15, -0.1) is 0 Å². The molecule has 2 rings (SSSR count). The second kappa shape index (κ2) is 11.3. The minimum Gasteiger partial charge on any atom is -0.479 e. The van der Waals surface area contributed by atoms with Crippen LogP contribution in [0.5, 0.6) is 0 Å². The van der Waals surface area contributed by atoms with E-state index < -0.39 is 29.6 Å². The van der Waals surface area contributed by atoms with E-state index in [2.05, 4.69) is 21.6 Å². The first kappa shape index (κ1) is 25.8. The molecule has 0 aliphatic carbocycles. The lowest BCUT2D eigenvalue weighted by Gasteiger charge is -2.30. The number of nitriles is 1. The van der Waals surface area contributed by atoms with E-state index in [0.717, 1.165) is 31.9 Å². The number of aliphatic hydroxyl groups is 2. The van der Waals surface area contributed by atoms with Gasteiger partial charge in [0.2, 0.25) is 5.91 Å². The average Bonchev–Trinajstić information content (AvgIpc) is 2.72. The zero-order chi connectivity index (χ0) is 23.8. The SMILES string of the molecule is CC(C)(C)C(=O)Nc1ccc(N2CCNCC2)c(C#N)c1.O=C(O)[C@@H](O)[C@H](O)C(=O)O. The summed E-state index contributed by atoms with van der Waals surface area (Å²) in [6, 6.07) is 7.76. The number of carboxylic acids is 2. The molecule has 0 saturated carbocycles. The van der Waals surface area contributed by atoms with Crippen molar-refractivity contribution in [1.82, 2.24) is 5.32 Å². The summed E-state index contributed by atoms with van der Waals surface area (Å²) in [6.07, 6.45) is -4.53. The second-order valence-electron chi connectivity index (χ2n) is 7.85. The van der Waals surface area contributed by atoms with Crippen molar-refractivity contribution < 1.29 is 34.8 Å². The van der Waals surface area contributed by atoms with E-state index in [1.807, 2.05) is 32.9 Å². The van der Waals surface area contributed by atoms with Crippen molar-refractivity contribution in [2.45, 2.75) is 33.0 Å². The van der Waals surface area contributed by atoms with Crippen molar-refractivity contribution >= 4 is 29.2 Å². The summed E-state index contributed by atoms with van der Waals surface area (Å²) in [4.78, 5) is 33.8. The van der Waals surface area contributed by atoms with Gasteiger partial charge in [-0.1, -0.05) is 20.8 Å². The smallest absolute Gasteiger partial charge is 0.335 e. The minimum atomic E-state index is -2.27. The van der Waals surface area contributed by atoms with Crippen molar-refractivity contribution in [1.29, 1.82) is 5.26 Å². The molecule has 6 N–H and O–H groups in total. The van der Waals surface area contributed by atoms with Crippen LogP contribution in [-0.4, -0.2) is 76.7 Å². The van der Waals surface area contributed by atoms with Gasteiger partial charge in [-0.25, -0.2) is 9.59 Å². The summed E-state index contributed by atoms with van der Waals surface area (Å²) in [5.41, 5.74) is 1.76. The van der Waals surface area contributed by atoms with E-state index >= 15 is 0 Å². The van der Waals surface area contributed by atoms with E-state index in [1.165, 1.54) is 0 Å². The molecule has 11 heteroatoms. The summed E-state index contributed by atoms with van der Waals surface area (Å²) < 4.78 is 0. The van der Waals surface area contributed by atoms with Crippen LogP contribution in [0.25, 0.3) is 0 Å². The molecule has 11 nitrogen and oxygen atoms in total. The molecule has 0 radical (unpaired) electrons. The molecule has 0 bridgehead atoms. The van der Waals surface area contributed by atoms with Gasteiger partial charge in [0.15, 0.2) is 12.2 Å². The molecule has 0 spiro atoms. The van der Waals surface area contributed by atoms with Crippen LogP contribution in [0.1, 0.15) is 26.3 Å². The molecule has 0 unspecified atom stereocenters. The third-order valence-electron chi connectivity index (χ3n) is 4.32. The number of carbonyl (C=O) groups is 3. The molecular formula is C20H28N4O7. The number of aliphatic hydroxyl groups excluding tert-OH is 2. The summed E-state index contributed by atoms with van der Waals surface area (Å²) in [7, 11) is 0. The van der Waals surface area contributed by atoms with Gasteiger partial charge in [0, 0.05) is 37.3 Å². The molecule has 1 heterocycles. The number of amides is 1. The molecule has 1 aliphatic rings. The fourth-order valence-electron chi connectivity index (χ4n) is 2.47. The van der Waals surface area contributed by atoms with E-state index in [9.17, 15) is 19.6 Å². The minimum absolute atomic E-state index is 0.0543. The Morgan fingerprint density at radius 3 is 2.03 bits per heavy atom. The van der Waals surface area contributed by atoms with Crippen LogP contribution in [-0.2, 0) is 14.4 Å². The quantitative estimate of drug-likeness (QED) is 0.362. The molecule has 1 amide bonds. The number of aliphatic carboxylic acids is 2. The number of benzene rings is 1. The van der Waals surface area contributed by atoms with E-state index in [1.54, 1.807) is 6.07 Å². The topological polar surface area (TPSA) is 183 Å². The normalized spacial score (nSPS) is 15.5. The van der Waals surface area contributed by atoms with Gasteiger partial charge >= 0.3 is 11.9 Å². The molecule has 2 atom stereocenters. The van der Waals surface area contributed by atoms with Crippen molar-refractivity contribution in [3.63, 3.8) is 0 Å². The maximum absolute atomic E-state index is 12.0. The number of hydrogen-bond donors (Lipinski definition) is 6. The second-order valence-corrected chi connectivity index (χ2v) is 7.85. The van der Waals surface area contributed by atoms with Gasteiger partial charge < -0.3 is 36.0 Å². The summed E-state index contributed by atoms with van der Waals surface area (Å²) in [6.45, 7) is 9.22. The fraction of sp³-hybridized carbons (Fsp3) is 0.500. The number of nitrogens with one attached hydrogen (secondary N) is 2. The van der Waals surface area contributed by atoms with Gasteiger partial charge in [0.05, 0.1) is 11.3 Å². The highest BCUT2D eigenvalue weighted by molar-refractivity contribution is 5.95. The zero-order valence-corrected chi connectivity index (χ0v) is 17.6. The molecule has 170 valence electrons. The molecule has 0 aromatic heterocycles. The molecular weight excluding hydrogens is 408 g/mol. The van der Waals surface area contributed by atoms with Crippen molar-refractivity contribution in [3.05, 3.63) is 23.8 Å². The van der Waals surface area contributed by atoms with Crippen LogP contribution in [0.2, 0.25) is 0 Å². The highest BCUT2D eigenvalue weighted by atomic mass is 16.4. The predicted molar refractivity (Wildman–Crippen MR) is 112 cm³/mol. The molecule has 1 fully saturated rings. The molecule has 1 aromatic rings. The maximum atomic E-state index is 12.0. The monoisotopic (exact) mass is 436 g/mol. The standard InChI is InChI=1S/C16H22N4O.C4H6O6/c1-16(2,3)15(21)19-13-4-5-14(12(10-13)11-17)20-8-6-18-7-9-20;5-1(3(7)8)2(6)4(9)10/h4-5,10,18H,6-9H2,1-3H3,(H,19,21);1-2,5-6H,(H,7,8)(H,9,10)/t;1-,2-/m.0/s1. The van der Waals surface area contributed by atoms with Gasteiger partial charge in [0.1, 0.15) is 6.07 Å². The highest BCUT2D eigenvalue weighted by Gasteiger charge is 2.29. The van der Waals surface area contributed by atoms with Crippen LogP contribution in [0.3, 0.4) is 0 Å². The van der Waals surface area contributed by atoms with Crippen LogP contribution in [0.4, 0.5) is 11.4 Å². The van der Waals surface area contributed by atoms with Crippen molar-refractivity contribution in [2.24, 2.45) is 5.41 Å². The maximum Gasteiger partial charge on any atom is 0.335 e. The fourth-order valence-corrected chi connectivity index (χ4v) is 2.47. The van der Waals surface area contributed by atoms with E-state index in [4.69, 9.17) is 20.4 Å². The predicted octanol–water partition coefficient (Wildman–Crippen LogP) is -0.170. The first-order valence-corrected chi connectivity index (χ1v) is 9.51. The number of carboxylic acid groups (broad SMARTS) is 2.